The van der Waals surface area contributed by atoms with Crippen molar-refractivity contribution in [3.63, 3.8) is 0 Å². The summed E-state index contributed by atoms with van der Waals surface area (Å²) < 4.78 is 19.1. The van der Waals surface area contributed by atoms with E-state index in [1.807, 2.05) is 0 Å². The molecule has 0 bridgehead atoms. The third-order valence-electron chi connectivity index (χ3n) is 7.73. The van der Waals surface area contributed by atoms with E-state index in [-0.39, 0.29) is 5.82 Å². The fraction of sp³-hybridized carbons (Fsp3) is 0.469. The Balaban J connectivity index is 1.31. The largest absolute Gasteiger partial charge is 0.492 e. The monoisotopic (exact) mass is 563 g/mol. The number of carboxylic acid groups (broad SMARTS) is 1. The first kappa shape index (κ1) is 30.2. The SMILES string of the molecule is C/C1=C(CCCCN(CCOc2ccc(F)cc2)CC[C@H](Nc2ccncn2)C(=O)O)\C=C/C2=C(CC1)NCCC2. The van der Waals surface area contributed by atoms with Gasteiger partial charge in [-0.05, 0) is 106 Å². The van der Waals surface area contributed by atoms with Crippen LogP contribution < -0.4 is 15.4 Å². The number of hydrogen-bond acceptors (Lipinski definition) is 7. The zero-order valence-corrected chi connectivity index (χ0v) is 23.9. The number of carboxylic acids is 1. The molecule has 0 saturated carbocycles. The number of benzene rings is 1. The molecule has 2 aliphatic rings. The van der Waals surface area contributed by atoms with Crippen molar-refractivity contribution in [3.05, 3.63) is 83.2 Å². The molecule has 0 radical (unpaired) electrons. The van der Waals surface area contributed by atoms with Crippen LogP contribution >= 0.6 is 0 Å². The van der Waals surface area contributed by atoms with E-state index in [1.54, 1.807) is 24.4 Å². The molecule has 2 heterocycles. The lowest BCUT2D eigenvalue weighted by atomic mass is 9.91. The number of carbonyl (C=O) groups is 1. The van der Waals surface area contributed by atoms with E-state index >= 15 is 0 Å². The summed E-state index contributed by atoms with van der Waals surface area (Å²) in [5.41, 5.74) is 5.77. The Bertz CT molecular complexity index is 1210. The van der Waals surface area contributed by atoms with Gasteiger partial charge in [0.05, 0.1) is 0 Å². The molecule has 1 aliphatic heterocycles. The molecule has 2 aromatic rings. The van der Waals surface area contributed by atoms with E-state index < -0.39 is 12.0 Å². The van der Waals surface area contributed by atoms with Crippen LogP contribution in [0.3, 0.4) is 0 Å². The minimum atomic E-state index is -0.920. The van der Waals surface area contributed by atoms with E-state index in [0.717, 1.165) is 51.6 Å². The molecule has 0 unspecified atom stereocenters. The molecule has 1 atom stereocenters. The van der Waals surface area contributed by atoms with Gasteiger partial charge in [0.25, 0.3) is 0 Å². The number of allylic oxidation sites excluding steroid dienone is 6. The van der Waals surface area contributed by atoms with Crippen LogP contribution in [0.4, 0.5) is 10.2 Å². The van der Waals surface area contributed by atoms with Gasteiger partial charge in [-0.1, -0.05) is 17.7 Å². The van der Waals surface area contributed by atoms with Crippen molar-refractivity contribution in [1.82, 2.24) is 20.2 Å². The quantitative estimate of drug-likeness (QED) is 0.237. The number of rotatable bonds is 15. The number of halogens is 1. The van der Waals surface area contributed by atoms with Crippen LogP contribution in [0.2, 0.25) is 0 Å². The van der Waals surface area contributed by atoms with Crippen molar-refractivity contribution >= 4 is 11.8 Å². The van der Waals surface area contributed by atoms with Gasteiger partial charge in [0.15, 0.2) is 0 Å². The minimum absolute atomic E-state index is 0.299. The number of aliphatic carboxylic acids is 1. The highest BCUT2D eigenvalue weighted by Gasteiger charge is 2.19. The van der Waals surface area contributed by atoms with E-state index in [9.17, 15) is 14.3 Å². The van der Waals surface area contributed by atoms with E-state index in [2.05, 4.69) is 44.6 Å². The molecule has 41 heavy (non-hydrogen) atoms. The first-order valence-electron chi connectivity index (χ1n) is 14.7. The van der Waals surface area contributed by atoms with E-state index in [4.69, 9.17) is 4.74 Å². The smallest absolute Gasteiger partial charge is 0.326 e. The minimum Gasteiger partial charge on any atom is -0.492 e. The Labute approximate surface area is 242 Å². The van der Waals surface area contributed by atoms with Crippen molar-refractivity contribution in [2.24, 2.45) is 0 Å². The Morgan fingerprint density at radius 1 is 1.12 bits per heavy atom. The van der Waals surface area contributed by atoms with Gasteiger partial charge >= 0.3 is 5.97 Å². The highest BCUT2D eigenvalue weighted by atomic mass is 19.1. The number of nitrogens with one attached hydrogen (secondary N) is 2. The Morgan fingerprint density at radius 3 is 2.76 bits per heavy atom. The lowest BCUT2D eigenvalue weighted by Crippen LogP contribution is -2.37. The lowest BCUT2D eigenvalue weighted by Gasteiger charge is -2.25. The van der Waals surface area contributed by atoms with Gasteiger partial charge in [0, 0.05) is 31.5 Å². The normalized spacial score (nSPS) is 18.6. The second kappa shape index (κ2) is 15.9. The third-order valence-corrected chi connectivity index (χ3v) is 7.73. The molecular weight excluding hydrogens is 521 g/mol. The van der Waals surface area contributed by atoms with Crippen LogP contribution in [-0.4, -0.2) is 64.8 Å². The molecule has 9 heteroatoms. The molecule has 3 N–H and O–H groups in total. The summed E-state index contributed by atoms with van der Waals surface area (Å²) in [5, 5.41) is 16.4. The first-order valence-corrected chi connectivity index (χ1v) is 14.7. The van der Waals surface area contributed by atoms with Crippen LogP contribution in [0, 0.1) is 5.82 Å². The average molecular weight is 564 g/mol. The molecule has 1 aromatic carbocycles. The molecule has 1 aromatic heterocycles. The van der Waals surface area contributed by atoms with Gasteiger partial charge in [-0.25, -0.2) is 19.2 Å². The van der Waals surface area contributed by atoms with Gasteiger partial charge in [0.1, 0.15) is 36.4 Å². The molecule has 8 nitrogen and oxygen atoms in total. The van der Waals surface area contributed by atoms with Crippen LogP contribution in [0.5, 0.6) is 5.75 Å². The third kappa shape index (κ3) is 10.0. The molecule has 4 rings (SSSR count). The topological polar surface area (TPSA) is 99.6 Å². The molecule has 0 amide bonds. The van der Waals surface area contributed by atoms with Crippen molar-refractivity contribution in [1.29, 1.82) is 0 Å². The molecule has 0 fully saturated rings. The Hall–Kier alpha value is -3.72. The highest BCUT2D eigenvalue weighted by molar-refractivity contribution is 5.76. The summed E-state index contributed by atoms with van der Waals surface area (Å²) in [4.78, 5) is 22.2. The number of ether oxygens (including phenoxy) is 1. The van der Waals surface area contributed by atoms with E-state index in [0.29, 0.717) is 37.7 Å². The lowest BCUT2D eigenvalue weighted by molar-refractivity contribution is -0.138. The second-order valence-corrected chi connectivity index (χ2v) is 10.7. The van der Waals surface area contributed by atoms with Crippen molar-refractivity contribution in [3.8, 4) is 5.75 Å². The maximum atomic E-state index is 13.2. The predicted octanol–water partition coefficient (Wildman–Crippen LogP) is 5.73. The number of hydrogen-bond donors (Lipinski definition) is 3. The molecule has 220 valence electrons. The number of nitrogens with zero attached hydrogens (tertiary/aromatic N) is 3. The molecule has 0 saturated heterocycles. The van der Waals surface area contributed by atoms with Gasteiger partial charge in [-0.2, -0.15) is 0 Å². The van der Waals surface area contributed by atoms with Crippen LogP contribution in [0.15, 0.2) is 77.4 Å². The summed E-state index contributed by atoms with van der Waals surface area (Å²) in [6.45, 7) is 5.83. The summed E-state index contributed by atoms with van der Waals surface area (Å²) in [6, 6.07) is 6.89. The molecule has 0 spiro atoms. The number of unbranched alkanes of at least 4 members (excludes halogenated alkanes) is 1. The maximum absolute atomic E-state index is 13.2. The summed E-state index contributed by atoms with van der Waals surface area (Å²) in [6.07, 6.45) is 15.6. The number of aromatic nitrogens is 2. The Morgan fingerprint density at radius 2 is 1.98 bits per heavy atom. The second-order valence-electron chi connectivity index (χ2n) is 10.7. The summed E-state index contributed by atoms with van der Waals surface area (Å²) in [7, 11) is 0. The van der Waals surface area contributed by atoms with Crippen LogP contribution in [0.25, 0.3) is 0 Å². The molecule has 1 aliphatic carbocycles. The zero-order valence-electron chi connectivity index (χ0n) is 23.9. The highest BCUT2D eigenvalue weighted by Crippen LogP contribution is 2.28. The molecular formula is C32H42FN5O3. The van der Waals surface area contributed by atoms with Gasteiger partial charge in [-0.3, -0.25) is 4.90 Å². The van der Waals surface area contributed by atoms with Gasteiger partial charge < -0.3 is 20.5 Å². The predicted molar refractivity (Wildman–Crippen MR) is 159 cm³/mol. The average Bonchev–Trinajstić information content (AvgIpc) is 2.98. The van der Waals surface area contributed by atoms with Gasteiger partial charge in [-0.15, -0.1) is 0 Å². The summed E-state index contributed by atoms with van der Waals surface area (Å²) >= 11 is 0. The van der Waals surface area contributed by atoms with E-state index in [1.165, 1.54) is 47.3 Å². The fourth-order valence-electron chi connectivity index (χ4n) is 5.26. The van der Waals surface area contributed by atoms with Crippen LogP contribution in [-0.2, 0) is 4.79 Å². The maximum Gasteiger partial charge on any atom is 0.326 e. The zero-order chi connectivity index (χ0) is 28.9. The first-order chi connectivity index (χ1) is 20.0. The number of anilines is 1. The standard InChI is InChI=1S/C32H42FN5O3/c1-24-7-14-29-26(6-4-17-35-29)9-8-25(24)5-2-3-19-38(21-22-41-28-12-10-27(33)11-13-28)20-16-30(32(39)40)37-31-15-18-34-23-36-31/h8-13,15,18,23,30,35H,2-7,14,16-17,19-22H2,1H3,(H,39,40)(H,34,36,37)/b9-8-,25-24+/t30-/m0/s1. The van der Waals surface area contributed by atoms with Crippen molar-refractivity contribution in [2.75, 3.05) is 38.1 Å². The van der Waals surface area contributed by atoms with Crippen LogP contribution in [0.1, 0.15) is 58.3 Å². The summed E-state index contributed by atoms with van der Waals surface area (Å²) in [5.74, 6) is -0.116. The van der Waals surface area contributed by atoms with Gasteiger partial charge in [0.2, 0.25) is 0 Å². The van der Waals surface area contributed by atoms with Crippen molar-refractivity contribution in [2.45, 2.75) is 64.3 Å². The van der Waals surface area contributed by atoms with Crippen molar-refractivity contribution < 1.29 is 19.0 Å². The Kier molecular flexibility index (Phi) is 11.7. The fourth-order valence-corrected chi connectivity index (χ4v) is 5.26.